The topological polar surface area (TPSA) is 16.1 Å². The van der Waals surface area contributed by atoms with Crippen molar-refractivity contribution in [3.05, 3.63) is 22.8 Å². The van der Waals surface area contributed by atoms with Crippen molar-refractivity contribution < 1.29 is 13.2 Å². The fourth-order valence-corrected chi connectivity index (χ4v) is 2.27. The van der Waals surface area contributed by atoms with Crippen molar-refractivity contribution in [1.82, 2.24) is 4.98 Å². The maximum absolute atomic E-state index is 12.6. The Morgan fingerprint density at radius 3 is 2.65 bits per heavy atom. The summed E-state index contributed by atoms with van der Waals surface area (Å²) in [4.78, 5) is 5.83. The number of pyridine rings is 1. The Bertz CT molecular complexity index is 420. The summed E-state index contributed by atoms with van der Waals surface area (Å²) < 4.78 is 37.9. The van der Waals surface area contributed by atoms with E-state index in [4.69, 9.17) is 11.6 Å². The van der Waals surface area contributed by atoms with Gasteiger partial charge in [-0.3, -0.25) is 0 Å². The molecule has 1 atom stereocenters. The predicted octanol–water partition coefficient (Wildman–Crippen LogP) is 3.74. The zero-order valence-electron chi connectivity index (χ0n) is 9.26. The summed E-state index contributed by atoms with van der Waals surface area (Å²) in [6.07, 6.45) is -2.45. The van der Waals surface area contributed by atoms with Gasteiger partial charge in [-0.25, -0.2) is 4.98 Å². The molecule has 1 aliphatic rings. The number of hydrogen-bond donors (Lipinski definition) is 0. The monoisotopic (exact) mass is 264 g/mol. The van der Waals surface area contributed by atoms with Gasteiger partial charge < -0.3 is 4.90 Å². The summed E-state index contributed by atoms with van der Waals surface area (Å²) in [5, 5.41) is -0.117. The third kappa shape index (κ3) is 2.65. The summed E-state index contributed by atoms with van der Waals surface area (Å²) in [5.41, 5.74) is -0.744. The van der Waals surface area contributed by atoms with E-state index in [0.29, 0.717) is 5.82 Å². The summed E-state index contributed by atoms with van der Waals surface area (Å²) in [7, 11) is 0. The highest BCUT2D eigenvalue weighted by atomic mass is 35.5. The Labute approximate surface area is 102 Å². The molecule has 2 heterocycles. The first-order valence-electron chi connectivity index (χ1n) is 5.39. The standard InChI is InChI=1S/C11H12ClF3N2/c1-7-3-2-4-17(7)10-6-8(11(13,14)15)5-9(12)16-10/h5-7H,2-4H2,1H3. The van der Waals surface area contributed by atoms with Crippen LogP contribution in [0.2, 0.25) is 5.15 Å². The van der Waals surface area contributed by atoms with Crippen molar-refractivity contribution in [3.63, 3.8) is 0 Å². The van der Waals surface area contributed by atoms with E-state index in [0.717, 1.165) is 31.5 Å². The minimum atomic E-state index is -4.38. The Morgan fingerprint density at radius 1 is 1.41 bits per heavy atom. The smallest absolute Gasteiger partial charge is 0.354 e. The Hall–Kier alpha value is -0.970. The molecule has 2 rings (SSSR count). The molecule has 0 amide bonds. The van der Waals surface area contributed by atoms with Gasteiger partial charge in [0.2, 0.25) is 0 Å². The van der Waals surface area contributed by atoms with E-state index in [1.807, 2.05) is 11.8 Å². The third-order valence-corrected chi connectivity index (χ3v) is 3.15. The zero-order chi connectivity index (χ0) is 12.6. The number of halogens is 4. The lowest BCUT2D eigenvalue weighted by Gasteiger charge is -2.23. The van der Waals surface area contributed by atoms with Crippen LogP contribution in [0.15, 0.2) is 12.1 Å². The van der Waals surface area contributed by atoms with Gasteiger partial charge in [0.25, 0.3) is 0 Å². The van der Waals surface area contributed by atoms with E-state index >= 15 is 0 Å². The van der Waals surface area contributed by atoms with Gasteiger partial charge in [0.05, 0.1) is 5.56 Å². The maximum Gasteiger partial charge on any atom is 0.416 e. The number of alkyl halides is 3. The average Bonchev–Trinajstić information content (AvgIpc) is 2.62. The van der Waals surface area contributed by atoms with Crippen LogP contribution in [0.1, 0.15) is 25.3 Å². The molecule has 2 nitrogen and oxygen atoms in total. The van der Waals surface area contributed by atoms with E-state index in [9.17, 15) is 13.2 Å². The van der Waals surface area contributed by atoms with E-state index in [-0.39, 0.29) is 11.2 Å². The zero-order valence-corrected chi connectivity index (χ0v) is 10.0. The van der Waals surface area contributed by atoms with Crippen LogP contribution in [0, 0.1) is 0 Å². The van der Waals surface area contributed by atoms with E-state index in [1.165, 1.54) is 0 Å². The van der Waals surface area contributed by atoms with Crippen LogP contribution in [0.25, 0.3) is 0 Å². The molecular weight excluding hydrogens is 253 g/mol. The quantitative estimate of drug-likeness (QED) is 0.718. The molecular formula is C11H12ClF3N2. The SMILES string of the molecule is CC1CCCN1c1cc(C(F)(F)F)cc(Cl)n1. The van der Waals surface area contributed by atoms with E-state index in [1.54, 1.807) is 0 Å². The first-order valence-corrected chi connectivity index (χ1v) is 5.77. The lowest BCUT2D eigenvalue weighted by Crippen LogP contribution is -2.27. The van der Waals surface area contributed by atoms with Gasteiger partial charge in [0, 0.05) is 12.6 Å². The van der Waals surface area contributed by atoms with Gasteiger partial charge >= 0.3 is 6.18 Å². The fourth-order valence-electron chi connectivity index (χ4n) is 2.07. The second-order valence-corrected chi connectivity index (χ2v) is 4.61. The minimum absolute atomic E-state index is 0.117. The summed E-state index contributed by atoms with van der Waals surface area (Å²) in [5.74, 6) is 0.315. The predicted molar refractivity (Wildman–Crippen MR) is 60.3 cm³/mol. The lowest BCUT2D eigenvalue weighted by molar-refractivity contribution is -0.137. The van der Waals surface area contributed by atoms with Crippen LogP contribution in [0.4, 0.5) is 19.0 Å². The molecule has 1 fully saturated rings. The molecule has 0 aromatic carbocycles. The highest BCUT2D eigenvalue weighted by molar-refractivity contribution is 6.29. The molecule has 1 aromatic heterocycles. The van der Waals surface area contributed by atoms with Gasteiger partial charge in [-0.2, -0.15) is 13.2 Å². The van der Waals surface area contributed by atoms with Gasteiger partial charge in [-0.05, 0) is 31.9 Å². The van der Waals surface area contributed by atoms with Gasteiger partial charge in [0.15, 0.2) is 0 Å². The number of aromatic nitrogens is 1. The fraction of sp³-hybridized carbons (Fsp3) is 0.545. The molecule has 1 saturated heterocycles. The minimum Gasteiger partial charge on any atom is -0.354 e. The largest absolute Gasteiger partial charge is 0.416 e. The first kappa shape index (κ1) is 12.5. The number of anilines is 1. The van der Waals surface area contributed by atoms with Crippen molar-refractivity contribution in [3.8, 4) is 0 Å². The van der Waals surface area contributed by atoms with Crippen LogP contribution in [-0.2, 0) is 6.18 Å². The first-order chi connectivity index (χ1) is 7.88. The number of hydrogen-bond acceptors (Lipinski definition) is 2. The van der Waals surface area contributed by atoms with Gasteiger partial charge in [-0.1, -0.05) is 11.6 Å². The molecule has 1 aromatic rings. The molecule has 0 spiro atoms. The molecule has 0 bridgehead atoms. The molecule has 17 heavy (non-hydrogen) atoms. The molecule has 0 saturated carbocycles. The van der Waals surface area contributed by atoms with Crippen molar-refractivity contribution in [1.29, 1.82) is 0 Å². The molecule has 6 heteroatoms. The maximum atomic E-state index is 12.6. The average molecular weight is 265 g/mol. The second kappa shape index (κ2) is 4.37. The number of rotatable bonds is 1. The van der Waals surface area contributed by atoms with Gasteiger partial charge in [-0.15, -0.1) is 0 Å². The molecule has 94 valence electrons. The van der Waals surface area contributed by atoms with Crippen LogP contribution >= 0.6 is 11.6 Å². The summed E-state index contributed by atoms with van der Waals surface area (Å²) in [6.45, 7) is 2.70. The van der Waals surface area contributed by atoms with Crippen molar-refractivity contribution in [2.45, 2.75) is 32.0 Å². The second-order valence-electron chi connectivity index (χ2n) is 4.22. The Kier molecular flexibility index (Phi) is 3.21. The molecule has 1 unspecified atom stereocenters. The van der Waals surface area contributed by atoms with Crippen molar-refractivity contribution >= 4 is 17.4 Å². The third-order valence-electron chi connectivity index (χ3n) is 2.96. The van der Waals surface area contributed by atoms with Crippen molar-refractivity contribution in [2.75, 3.05) is 11.4 Å². The van der Waals surface area contributed by atoms with Crippen LogP contribution in [0.5, 0.6) is 0 Å². The summed E-state index contributed by atoms with van der Waals surface area (Å²) >= 11 is 5.64. The highest BCUT2D eigenvalue weighted by Crippen LogP contribution is 2.34. The molecule has 0 N–H and O–H groups in total. The van der Waals surface area contributed by atoms with Crippen molar-refractivity contribution in [2.24, 2.45) is 0 Å². The molecule has 0 aliphatic carbocycles. The Morgan fingerprint density at radius 2 is 2.12 bits per heavy atom. The van der Waals surface area contributed by atoms with E-state index < -0.39 is 11.7 Å². The van der Waals surface area contributed by atoms with Crippen LogP contribution in [0.3, 0.4) is 0 Å². The van der Waals surface area contributed by atoms with Gasteiger partial charge in [0.1, 0.15) is 11.0 Å². The van der Waals surface area contributed by atoms with Crippen LogP contribution in [-0.4, -0.2) is 17.6 Å². The Balaban J connectivity index is 2.38. The highest BCUT2D eigenvalue weighted by Gasteiger charge is 2.33. The number of nitrogens with zero attached hydrogens (tertiary/aromatic N) is 2. The lowest BCUT2D eigenvalue weighted by atomic mass is 10.2. The molecule has 0 radical (unpaired) electrons. The normalized spacial score (nSPS) is 21.0. The molecule has 1 aliphatic heterocycles. The van der Waals surface area contributed by atoms with Crippen LogP contribution < -0.4 is 4.90 Å². The van der Waals surface area contributed by atoms with E-state index in [2.05, 4.69) is 4.98 Å². The summed E-state index contributed by atoms with van der Waals surface area (Å²) in [6, 6.07) is 2.13.